The first-order valence-electron chi connectivity index (χ1n) is 12.4. The van der Waals surface area contributed by atoms with Crippen LogP contribution in [0.2, 0.25) is 0 Å². The summed E-state index contributed by atoms with van der Waals surface area (Å²) >= 11 is 0. The van der Waals surface area contributed by atoms with Gasteiger partial charge in [-0.25, -0.2) is 9.07 Å². The van der Waals surface area contributed by atoms with Gasteiger partial charge in [-0.3, -0.25) is 14.2 Å². The second-order valence-electron chi connectivity index (χ2n) is 8.74. The van der Waals surface area contributed by atoms with Gasteiger partial charge in [-0.05, 0) is 74.4 Å². The topological polar surface area (TPSA) is 110 Å². The van der Waals surface area contributed by atoms with Crippen LogP contribution in [-0.2, 0) is 11.3 Å². The van der Waals surface area contributed by atoms with Gasteiger partial charge in [0.1, 0.15) is 17.4 Å². The number of aromatic hydroxyl groups is 1. The molecule has 0 fully saturated rings. The Bertz CT molecular complexity index is 1610. The molecule has 0 unspecified atom stereocenters. The number of carbonyl (C=O) groups excluding carboxylic acids is 1. The van der Waals surface area contributed by atoms with Crippen molar-refractivity contribution < 1.29 is 19.0 Å². The smallest absolute Gasteiger partial charge is 0.271 e. The Labute approximate surface area is 224 Å². The number of carbonyl (C=O) groups is 1. The summed E-state index contributed by atoms with van der Waals surface area (Å²) in [5, 5.41) is 25.2. The molecule has 0 aliphatic carbocycles. The minimum Gasteiger partial charge on any atom is -0.494 e. The van der Waals surface area contributed by atoms with E-state index in [1.165, 1.54) is 25.1 Å². The molecule has 4 aromatic rings. The minimum absolute atomic E-state index is 0.0855. The number of ether oxygens (including phenoxy) is 1. The molecule has 39 heavy (non-hydrogen) atoms. The molecule has 2 aromatic heterocycles. The Morgan fingerprint density at radius 2 is 1.90 bits per heavy atom. The fraction of sp³-hybridized carbons (Fsp3) is 0.200. The molecule has 0 aliphatic rings. The van der Waals surface area contributed by atoms with E-state index in [4.69, 9.17) is 4.74 Å². The van der Waals surface area contributed by atoms with E-state index in [0.29, 0.717) is 36.5 Å². The molecular formula is C30H27FN4O4. The van der Waals surface area contributed by atoms with Crippen LogP contribution < -0.4 is 5.56 Å². The quantitative estimate of drug-likeness (QED) is 0.176. The van der Waals surface area contributed by atoms with Crippen LogP contribution in [0.1, 0.15) is 40.4 Å². The molecule has 0 spiro atoms. The lowest BCUT2D eigenvalue weighted by Gasteiger charge is -2.14. The van der Waals surface area contributed by atoms with Crippen molar-refractivity contribution in [3.05, 3.63) is 105 Å². The summed E-state index contributed by atoms with van der Waals surface area (Å²) in [6.45, 7) is 4.26. The molecular weight excluding hydrogens is 499 g/mol. The van der Waals surface area contributed by atoms with Crippen LogP contribution in [0.4, 0.5) is 4.39 Å². The molecule has 0 atom stereocenters. The average Bonchev–Trinajstić information content (AvgIpc) is 3.37. The Balaban J connectivity index is 1.75. The standard InChI is InChI=1S/C30H27FN4O4/c1-3-39-17-7-16-34-29(37)25(18-32)20(2)27(30(34)38)26(36)15-12-22-19-35(24-8-5-4-6-9-24)33-28(22)21-10-13-23(31)14-11-21/h4-6,8-15,19,38H,3,7,16-17H2,1-2H3/b15-12+. The van der Waals surface area contributed by atoms with Gasteiger partial charge < -0.3 is 9.84 Å². The molecule has 0 saturated carbocycles. The highest BCUT2D eigenvalue weighted by Gasteiger charge is 2.23. The predicted octanol–water partition coefficient (Wildman–Crippen LogP) is 5.05. The lowest BCUT2D eigenvalue weighted by molar-refractivity contribution is 0.104. The normalized spacial score (nSPS) is 11.1. The number of nitriles is 1. The van der Waals surface area contributed by atoms with E-state index in [1.807, 2.05) is 43.3 Å². The van der Waals surface area contributed by atoms with E-state index in [2.05, 4.69) is 5.10 Å². The van der Waals surface area contributed by atoms with E-state index >= 15 is 0 Å². The Morgan fingerprint density at radius 1 is 1.18 bits per heavy atom. The van der Waals surface area contributed by atoms with Crippen molar-refractivity contribution in [2.24, 2.45) is 0 Å². The van der Waals surface area contributed by atoms with Gasteiger partial charge in [-0.1, -0.05) is 18.2 Å². The highest BCUT2D eigenvalue weighted by Crippen LogP contribution is 2.27. The minimum atomic E-state index is -0.660. The summed E-state index contributed by atoms with van der Waals surface area (Å²) in [6, 6.07) is 17.1. The first kappa shape index (κ1) is 27.2. The molecule has 0 aliphatic heterocycles. The molecule has 8 nitrogen and oxygen atoms in total. The maximum Gasteiger partial charge on any atom is 0.271 e. The van der Waals surface area contributed by atoms with Gasteiger partial charge in [0.15, 0.2) is 5.78 Å². The van der Waals surface area contributed by atoms with Gasteiger partial charge in [0.05, 0.1) is 16.9 Å². The number of benzene rings is 2. The lowest BCUT2D eigenvalue weighted by Crippen LogP contribution is -2.27. The van der Waals surface area contributed by atoms with Gasteiger partial charge in [0, 0.05) is 37.1 Å². The van der Waals surface area contributed by atoms with Gasteiger partial charge >= 0.3 is 0 Å². The Hall–Kier alpha value is -4.81. The molecule has 9 heteroatoms. The van der Waals surface area contributed by atoms with Gasteiger partial charge in [0.2, 0.25) is 5.88 Å². The third kappa shape index (κ3) is 5.87. The monoisotopic (exact) mass is 526 g/mol. The van der Waals surface area contributed by atoms with E-state index in [9.17, 15) is 24.3 Å². The van der Waals surface area contributed by atoms with Crippen molar-refractivity contribution >= 4 is 11.9 Å². The number of rotatable bonds is 10. The summed E-state index contributed by atoms with van der Waals surface area (Å²) < 4.78 is 21.5. The van der Waals surface area contributed by atoms with Gasteiger partial charge in [0.25, 0.3) is 5.56 Å². The number of allylic oxidation sites excluding steroid dienone is 1. The van der Waals surface area contributed by atoms with Gasteiger partial charge in [-0.15, -0.1) is 0 Å². The largest absolute Gasteiger partial charge is 0.494 e. The molecule has 0 amide bonds. The van der Waals surface area contributed by atoms with E-state index in [-0.39, 0.29) is 29.1 Å². The van der Waals surface area contributed by atoms with Crippen molar-refractivity contribution in [3.8, 4) is 28.9 Å². The van der Waals surface area contributed by atoms with Crippen LogP contribution in [0.5, 0.6) is 5.88 Å². The maximum absolute atomic E-state index is 13.6. The summed E-state index contributed by atoms with van der Waals surface area (Å²) in [7, 11) is 0. The van der Waals surface area contributed by atoms with E-state index < -0.39 is 17.2 Å². The van der Waals surface area contributed by atoms with Crippen molar-refractivity contribution in [3.63, 3.8) is 0 Å². The third-order valence-corrected chi connectivity index (χ3v) is 6.22. The highest BCUT2D eigenvalue weighted by molar-refractivity contribution is 6.09. The van der Waals surface area contributed by atoms with Crippen molar-refractivity contribution in [2.75, 3.05) is 13.2 Å². The van der Waals surface area contributed by atoms with Crippen LogP contribution in [0, 0.1) is 24.1 Å². The summed E-state index contributed by atoms with van der Waals surface area (Å²) in [6.07, 6.45) is 4.96. The zero-order chi connectivity index (χ0) is 27.9. The number of ketones is 1. The van der Waals surface area contributed by atoms with Crippen LogP contribution >= 0.6 is 0 Å². The zero-order valence-corrected chi connectivity index (χ0v) is 21.6. The highest BCUT2D eigenvalue weighted by atomic mass is 19.1. The van der Waals surface area contributed by atoms with Crippen molar-refractivity contribution in [1.82, 2.24) is 14.3 Å². The van der Waals surface area contributed by atoms with Crippen molar-refractivity contribution in [1.29, 1.82) is 5.26 Å². The summed E-state index contributed by atoms with van der Waals surface area (Å²) in [5.74, 6) is -1.47. The Kier molecular flexibility index (Phi) is 8.49. The van der Waals surface area contributed by atoms with Crippen LogP contribution in [-0.4, -0.2) is 38.5 Å². The summed E-state index contributed by atoms with van der Waals surface area (Å²) in [5.41, 5.74) is 1.64. The molecule has 198 valence electrons. The number of aromatic nitrogens is 3. The molecule has 0 radical (unpaired) electrons. The van der Waals surface area contributed by atoms with E-state index in [0.717, 1.165) is 10.3 Å². The van der Waals surface area contributed by atoms with Gasteiger partial charge in [-0.2, -0.15) is 10.4 Å². The number of hydrogen-bond donors (Lipinski definition) is 1. The molecule has 0 saturated heterocycles. The third-order valence-electron chi connectivity index (χ3n) is 6.22. The second kappa shape index (κ2) is 12.2. The number of hydrogen-bond acceptors (Lipinski definition) is 6. The maximum atomic E-state index is 13.6. The van der Waals surface area contributed by atoms with Crippen LogP contribution in [0.3, 0.4) is 0 Å². The number of pyridine rings is 1. The first-order valence-corrected chi connectivity index (χ1v) is 12.4. The van der Waals surface area contributed by atoms with Crippen molar-refractivity contribution in [2.45, 2.75) is 26.8 Å². The zero-order valence-electron chi connectivity index (χ0n) is 21.6. The fourth-order valence-electron chi connectivity index (χ4n) is 4.23. The molecule has 2 aromatic carbocycles. The number of nitrogens with zero attached hydrogens (tertiary/aromatic N) is 4. The average molecular weight is 527 g/mol. The number of para-hydroxylation sites is 1. The fourth-order valence-corrected chi connectivity index (χ4v) is 4.23. The van der Waals surface area contributed by atoms with E-state index in [1.54, 1.807) is 29.1 Å². The molecule has 1 N–H and O–H groups in total. The summed E-state index contributed by atoms with van der Waals surface area (Å²) in [4.78, 5) is 26.2. The van der Waals surface area contributed by atoms with Crippen LogP contribution in [0.15, 0.2) is 71.7 Å². The second-order valence-corrected chi connectivity index (χ2v) is 8.74. The Morgan fingerprint density at radius 3 is 2.56 bits per heavy atom. The number of halogens is 1. The molecule has 0 bridgehead atoms. The lowest BCUT2D eigenvalue weighted by atomic mass is 10.0. The molecule has 4 rings (SSSR count). The predicted molar refractivity (Wildman–Crippen MR) is 145 cm³/mol. The SMILES string of the molecule is CCOCCCn1c(O)c(C(=O)/C=C/c2cn(-c3ccccc3)nc2-c2ccc(F)cc2)c(C)c(C#N)c1=O. The first-order chi connectivity index (χ1) is 18.8. The van der Waals surface area contributed by atoms with Crippen LogP contribution in [0.25, 0.3) is 23.0 Å². The molecule has 2 heterocycles.